The second kappa shape index (κ2) is 9.32. The number of phenols is 1. The van der Waals surface area contributed by atoms with Gasteiger partial charge in [-0.15, -0.1) is 0 Å². The van der Waals surface area contributed by atoms with E-state index in [1.807, 2.05) is 13.8 Å². The Morgan fingerprint density at radius 2 is 1.80 bits per heavy atom. The minimum atomic E-state index is -3.84. The van der Waals surface area contributed by atoms with Crippen LogP contribution in [0.3, 0.4) is 0 Å². The highest BCUT2D eigenvalue weighted by atomic mass is 32.2. The molecule has 1 aromatic rings. The number of phenolic OH excluding ortho intramolecular Hbond substituents is 1. The van der Waals surface area contributed by atoms with Crippen molar-refractivity contribution >= 4 is 21.9 Å². The van der Waals surface area contributed by atoms with Crippen molar-refractivity contribution in [3.05, 3.63) is 23.8 Å². The van der Waals surface area contributed by atoms with E-state index in [1.165, 1.54) is 10.4 Å². The van der Waals surface area contributed by atoms with E-state index in [1.54, 1.807) is 4.90 Å². The zero-order valence-electron chi connectivity index (χ0n) is 17.2. The third-order valence-electron chi connectivity index (χ3n) is 5.60. The molecule has 1 aromatic carbocycles. The van der Waals surface area contributed by atoms with Crippen LogP contribution in [0, 0.1) is 0 Å². The smallest absolute Gasteiger partial charge is 0.342 e. The van der Waals surface area contributed by atoms with Crippen molar-refractivity contribution in [2.45, 2.75) is 50.1 Å². The summed E-state index contributed by atoms with van der Waals surface area (Å²) in [5.74, 6) is -1.66. The van der Waals surface area contributed by atoms with Crippen molar-refractivity contribution < 1.29 is 32.6 Å². The second-order valence-electron chi connectivity index (χ2n) is 7.70. The molecule has 2 aliphatic rings. The number of hydrogen-bond acceptors (Lipinski definition) is 7. The lowest BCUT2D eigenvalue weighted by Crippen LogP contribution is -2.49. The number of hydrogen-bond donors (Lipinski definition) is 1. The summed E-state index contributed by atoms with van der Waals surface area (Å²) in [6.45, 7) is 4.46. The fourth-order valence-corrected chi connectivity index (χ4v) is 5.40. The van der Waals surface area contributed by atoms with E-state index in [9.17, 15) is 23.1 Å². The number of piperidine rings is 1. The number of aromatic hydroxyl groups is 1. The van der Waals surface area contributed by atoms with Crippen LogP contribution in [-0.4, -0.2) is 79.6 Å². The number of carbonyl (C=O) groups is 2. The Hall–Kier alpha value is -2.17. The van der Waals surface area contributed by atoms with E-state index in [0.717, 1.165) is 31.4 Å². The average molecular weight is 441 g/mol. The summed E-state index contributed by atoms with van der Waals surface area (Å²) in [5.41, 5.74) is -0.295. The molecule has 0 aliphatic carbocycles. The molecule has 0 saturated carbocycles. The zero-order valence-corrected chi connectivity index (χ0v) is 18.1. The van der Waals surface area contributed by atoms with Crippen LogP contribution in [0.15, 0.2) is 23.1 Å². The number of likely N-dealkylation sites (tertiary alicyclic amines) is 1. The van der Waals surface area contributed by atoms with Crippen LogP contribution in [-0.2, 0) is 24.3 Å². The Morgan fingerprint density at radius 1 is 1.17 bits per heavy atom. The second-order valence-corrected chi connectivity index (χ2v) is 9.64. The molecule has 0 bridgehead atoms. The number of esters is 1. The molecule has 1 amide bonds. The summed E-state index contributed by atoms with van der Waals surface area (Å²) in [6.07, 6.45) is 2.84. The maximum Gasteiger partial charge on any atom is 0.342 e. The number of benzene rings is 1. The van der Waals surface area contributed by atoms with Gasteiger partial charge in [-0.2, -0.15) is 4.31 Å². The van der Waals surface area contributed by atoms with Gasteiger partial charge in [0.05, 0.1) is 18.1 Å². The lowest BCUT2D eigenvalue weighted by Gasteiger charge is -2.38. The van der Waals surface area contributed by atoms with Gasteiger partial charge < -0.3 is 19.5 Å². The first-order chi connectivity index (χ1) is 14.2. The van der Waals surface area contributed by atoms with Crippen LogP contribution in [0.1, 0.15) is 43.5 Å². The topological polar surface area (TPSA) is 113 Å². The largest absolute Gasteiger partial charge is 0.507 e. The summed E-state index contributed by atoms with van der Waals surface area (Å²) in [5, 5.41) is 10.1. The molecule has 2 saturated heterocycles. The van der Waals surface area contributed by atoms with Crippen LogP contribution in [0.25, 0.3) is 0 Å². The third-order valence-corrected chi connectivity index (χ3v) is 7.50. The highest BCUT2D eigenvalue weighted by Gasteiger charge is 2.31. The van der Waals surface area contributed by atoms with E-state index in [-0.39, 0.29) is 41.5 Å². The van der Waals surface area contributed by atoms with Crippen molar-refractivity contribution in [1.82, 2.24) is 9.21 Å². The fourth-order valence-electron chi connectivity index (χ4n) is 3.97. The number of sulfonamides is 1. The summed E-state index contributed by atoms with van der Waals surface area (Å²) < 4.78 is 37.1. The minimum absolute atomic E-state index is 0.0651. The highest BCUT2D eigenvalue weighted by molar-refractivity contribution is 7.89. The van der Waals surface area contributed by atoms with Crippen molar-refractivity contribution in [2.75, 3.05) is 32.9 Å². The number of nitrogens with zero attached hydrogens (tertiary/aromatic N) is 2. The van der Waals surface area contributed by atoms with Gasteiger partial charge in [-0.3, -0.25) is 4.79 Å². The Morgan fingerprint density at radius 3 is 2.43 bits per heavy atom. The molecule has 2 aliphatic heterocycles. The lowest BCUT2D eigenvalue weighted by molar-refractivity contribution is -0.140. The number of amides is 1. The van der Waals surface area contributed by atoms with Crippen LogP contribution in [0.5, 0.6) is 5.75 Å². The number of ether oxygens (including phenoxy) is 2. The zero-order chi connectivity index (χ0) is 21.9. The van der Waals surface area contributed by atoms with Crippen LogP contribution in [0.2, 0.25) is 0 Å². The molecule has 1 N–H and O–H groups in total. The molecule has 9 nitrogen and oxygen atoms in total. The first-order valence-corrected chi connectivity index (χ1v) is 11.5. The maximum atomic E-state index is 12.8. The molecule has 10 heteroatoms. The highest BCUT2D eigenvalue weighted by Crippen LogP contribution is 2.26. The van der Waals surface area contributed by atoms with Crippen molar-refractivity contribution in [2.24, 2.45) is 0 Å². The van der Waals surface area contributed by atoms with Gasteiger partial charge in [0.25, 0.3) is 5.91 Å². The summed E-state index contributed by atoms with van der Waals surface area (Å²) in [7, 11) is -3.84. The summed E-state index contributed by atoms with van der Waals surface area (Å²) >= 11 is 0. The maximum absolute atomic E-state index is 12.8. The van der Waals surface area contributed by atoms with Gasteiger partial charge in [0.1, 0.15) is 11.3 Å². The number of carbonyl (C=O) groups excluding carboxylic acids is 2. The molecule has 2 heterocycles. The molecule has 0 aromatic heterocycles. The number of rotatable bonds is 5. The van der Waals surface area contributed by atoms with E-state index >= 15 is 0 Å². The minimum Gasteiger partial charge on any atom is -0.507 e. The van der Waals surface area contributed by atoms with E-state index in [2.05, 4.69) is 0 Å². The number of morpholine rings is 1. The fraction of sp³-hybridized carbons (Fsp3) is 0.600. The van der Waals surface area contributed by atoms with E-state index < -0.39 is 28.3 Å². The predicted octanol–water partition coefficient (Wildman–Crippen LogP) is 1.36. The summed E-state index contributed by atoms with van der Waals surface area (Å²) in [4.78, 5) is 26.6. The quantitative estimate of drug-likeness (QED) is 0.688. The predicted molar refractivity (Wildman–Crippen MR) is 108 cm³/mol. The lowest BCUT2D eigenvalue weighted by atomic mass is 9.97. The Balaban J connectivity index is 1.71. The third kappa shape index (κ3) is 4.76. The molecular weight excluding hydrogens is 412 g/mol. The normalized spacial score (nSPS) is 23.2. The van der Waals surface area contributed by atoms with E-state index in [0.29, 0.717) is 13.2 Å². The van der Waals surface area contributed by atoms with Crippen molar-refractivity contribution in [3.8, 4) is 5.75 Å². The van der Waals surface area contributed by atoms with Gasteiger partial charge in [0.15, 0.2) is 6.61 Å². The Kier molecular flexibility index (Phi) is 6.99. The molecule has 2 unspecified atom stereocenters. The monoisotopic (exact) mass is 440 g/mol. The van der Waals surface area contributed by atoms with Crippen molar-refractivity contribution in [3.63, 3.8) is 0 Å². The van der Waals surface area contributed by atoms with Gasteiger partial charge in [-0.05, 0) is 51.3 Å². The van der Waals surface area contributed by atoms with Gasteiger partial charge >= 0.3 is 5.97 Å². The van der Waals surface area contributed by atoms with Gasteiger partial charge in [-0.1, -0.05) is 0 Å². The van der Waals surface area contributed by atoms with Gasteiger partial charge in [0, 0.05) is 25.2 Å². The molecule has 166 valence electrons. The van der Waals surface area contributed by atoms with Crippen LogP contribution in [0.4, 0.5) is 0 Å². The molecule has 30 heavy (non-hydrogen) atoms. The Bertz CT molecular complexity index is 886. The van der Waals surface area contributed by atoms with Crippen LogP contribution < -0.4 is 0 Å². The van der Waals surface area contributed by atoms with E-state index in [4.69, 9.17) is 9.47 Å². The Labute approximate surface area is 176 Å². The molecule has 2 fully saturated rings. The first kappa shape index (κ1) is 22.5. The molecule has 0 spiro atoms. The van der Waals surface area contributed by atoms with Crippen molar-refractivity contribution in [1.29, 1.82) is 0 Å². The molecule has 3 rings (SSSR count). The average Bonchev–Trinajstić information content (AvgIpc) is 2.72. The standard InChI is InChI=1S/C20H28N2O7S/c1-14-4-3-5-15(2)22(14)19(24)13-29-20(25)17-12-16(6-7-18(17)23)30(26,27)21-8-10-28-11-9-21/h6-7,12,14-15,23H,3-5,8-11,13H2,1-2H3. The van der Waals surface area contributed by atoms with Crippen LogP contribution >= 0.6 is 0 Å². The SMILES string of the molecule is CC1CCCC(C)N1C(=O)COC(=O)c1cc(S(=O)(=O)N2CCOCC2)ccc1O. The van der Waals surface area contributed by atoms with Gasteiger partial charge in [0.2, 0.25) is 10.0 Å². The first-order valence-electron chi connectivity index (χ1n) is 10.1. The molecule has 0 radical (unpaired) electrons. The summed E-state index contributed by atoms with van der Waals surface area (Å²) in [6, 6.07) is 3.59. The van der Waals surface area contributed by atoms with Gasteiger partial charge in [-0.25, -0.2) is 13.2 Å². The molecule has 2 atom stereocenters. The molecular formula is C20H28N2O7S.